The Labute approximate surface area is 101 Å². The van der Waals surface area contributed by atoms with Crippen molar-refractivity contribution in [2.45, 2.75) is 19.8 Å². The van der Waals surface area contributed by atoms with Gasteiger partial charge in [0.2, 0.25) is 0 Å². The Hall–Kier alpha value is -0.900. The molecule has 2 N–H and O–H groups in total. The van der Waals surface area contributed by atoms with Crippen molar-refractivity contribution in [1.82, 2.24) is 0 Å². The molecule has 1 atom stereocenters. The standard InChI is InChI=1S/C12H12BrF2N/c1-6-3-2-4-7(6)10-11(15)8(13)5-9(14)12(10)16/h4-6H,2-3,16H2,1H3. The molecule has 0 saturated heterocycles. The number of halogens is 3. The minimum Gasteiger partial charge on any atom is -0.396 e. The van der Waals surface area contributed by atoms with Crippen LogP contribution in [0.15, 0.2) is 16.6 Å². The van der Waals surface area contributed by atoms with Crippen molar-refractivity contribution >= 4 is 27.2 Å². The first kappa shape index (κ1) is 11.6. The van der Waals surface area contributed by atoms with Gasteiger partial charge >= 0.3 is 0 Å². The quantitative estimate of drug-likeness (QED) is 0.610. The molecule has 0 heterocycles. The van der Waals surface area contributed by atoms with Gasteiger partial charge in [0, 0.05) is 5.56 Å². The number of benzene rings is 1. The summed E-state index contributed by atoms with van der Waals surface area (Å²) in [4.78, 5) is 0. The number of hydrogen-bond donors (Lipinski definition) is 1. The maximum Gasteiger partial charge on any atom is 0.148 e. The van der Waals surface area contributed by atoms with Crippen LogP contribution >= 0.6 is 15.9 Å². The van der Waals surface area contributed by atoms with E-state index in [0.717, 1.165) is 24.5 Å². The van der Waals surface area contributed by atoms with Crippen LogP contribution < -0.4 is 5.73 Å². The van der Waals surface area contributed by atoms with E-state index in [4.69, 9.17) is 5.73 Å². The third-order valence-electron chi connectivity index (χ3n) is 2.99. The second-order valence-corrected chi connectivity index (χ2v) is 4.94. The van der Waals surface area contributed by atoms with Crippen LogP contribution in [-0.4, -0.2) is 0 Å². The Balaban J connectivity index is 2.64. The van der Waals surface area contributed by atoms with Crippen molar-refractivity contribution in [3.8, 4) is 0 Å². The SMILES string of the molecule is CC1CCC=C1c1c(N)c(F)cc(Br)c1F. The van der Waals surface area contributed by atoms with Crippen molar-refractivity contribution in [1.29, 1.82) is 0 Å². The summed E-state index contributed by atoms with van der Waals surface area (Å²) in [6.07, 6.45) is 3.79. The van der Waals surface area contributed by atoms with Gasteiger partial charge in [0.25, 0.3) is 0 Å². The molecule has 0 radical (unpaired) electrons. The summed E-state index contributed by atoms with van der Waals surface area (Å²) in [7, 11) is 0. The third kappa shape index (κ3) is 1.75. The van der Waals surface area contributed by atoms with Crippen molar-refractivity contribution < 1.29 is 8.78 Å². The van der Waals surface area contributed by atoms with Gasteiger partial charge in [-0.25, -0.2) is 8.78 Å². The lowest BCUT2D eigenvalue weighted by atomic mass is 9.95. The van der Waals surface area contributed by atoms with Gasteiger partial charge in [-0.05, 0) is 46.3 Å². The molecular weight excluding hydrogens is 276 g/mol. The molecule has 0 fully saturated rings. The van der Waals surface area contributed by atoms with E-state index in [1.54, 1.807) is 0 Å². The Morgan fingerprint density at radius 1 is 1.44 bits per heavy atom. The highest BCUT2D eigenvalue weighted by Crippen LogP contribution is 2.40. The zero-order valence-electron chi connectivity index (χ0n) is 8.86. The van der Waals surface area contributed by atoms with E-state index < -0.39 is 11.6 Å². The second kappa shape index (κ2) is 4.17. The molecule has 86 valence electrons. The van der Waals surface area contributed by atoms with Gasteiger partial charge in [-0.2, -0.15) is 0 Å². The summed E-state index contributed by atoms with van der Waals surface area (Å²) in [5.41, 5.74) is 6.56. The van der Waals surface area contributed by atoms with Gasteiger partial charge in [-0.3, -0.25) is 0 Å². The van der Waals surface area contributed by atoms with Crippen LogP contribution in [-0.2, 0) is 0 Å². The first-order valence-electron chi connectivity index (χ1n) is 5.15. The lowest BCUT2D eigenvalue weighted by molar-refractivity contribution is 0.591. The summed E-state index contributed by atoms with van der Waals surface area (Å²) in [5.74, 6) is -0.826. The molecule has 0 saturated carbocycles. The average molecular weight is 288 g/mol. The number of hydrogen-bond acceptors (Lipinski definition) is 1. The highest BCUT2D eigenvalue weighted by molar-refractivity contribution is 9.10. The molecule has 4 heteroatoms. The first-order valence-corrected chi connectivity index (χ1v) is 5.95. The van der Waals surface area contributed by atoms with Crippen LogP contribution in [0.5, 0.6) is 0 Å². The molecule has 2 rings (SSSR count). The molecule has 16 heavy (non-hydrogen) atoms. The van der Waals surface area contributed by atoms with Gasteiger partial charge in [-0.15, -0.1) is 0 Å². The van der Waals surface area contributed by atoms with Crippen LogP contribution in [0.1, 0.15) is 25.3 Å². The lowest BCUT2D eigenvalue weighted by Gasteiger charge is -2.14. The molecule has 1 aliphatic carbocycles. The fourth-order valence-corrected chi connectivity index (χ4v) is 2.48. The molecule has 1 aromatic carbocycles. The predicted octanol–water partition coefficient (Wildman–Crippen LogP) is 4.12. The van der Waals surface area contributed by atoms with E-state index in [9.17, 15) is 8.78 Å². The van der Waals surface area contributed by atoms with Gasteiger partial charge in [0.05, 0.1) is 10.2 Å². The molecule has 0 amide bonds. The summed E-state index contributed by atoms with van der Waals surface area (Å²) >= 11 is 3.00. The van der Waals surface area contributed by atoms with E-state index in [2.05, 4.69) is 15.9 Å². The van der Waals surface area contributed by atoms with Crippen LogP contribution in [0, 0.1) is 17.6 Å². The Morgan fingerprint density at radius 2 is 2.12 bits per heavy atom. The minimum absolute atomic E-state index is 0.0966. The molecular formula is C12H12BrF2N. The fourth-order valence-electron chi connectivity index (χ4n) is 2.09. The van der Waals surface area contributed by atoms with Gasteiger partial charge < -0.3 is 5.73 Å². The smallest absolute Gasteiger partial charge is 0.148 e. The monoisotopic (exact) mass is 287 g/mol. The molecule has 0 spiro atoms. The Morgan fingerprint density at radius 3 is 2.69 bits per heavy atom. The Kier molecular flexibility index (Phi) is 3.02. The second-order valence-electron chi connectivity index (χ2n) is 4.08. The summed E-state index contributed by atoms with van der Waals surface area (Å²) < 4.78 is 27.5. The zero-order chi connectivity index (χ0) is 11.9. The number of allylic oxidation sites excluding steroid dienone is 2. The van der Waals surface area contributed by atoms with E-state index >= 15 is 0 Å². The summed E-state index contributed by atoms with van der Waals surface area (Å²) in [6.45, 7) is 2.00. The van der Waals surface area contributed by atoms with E-state index in [1.165, 1.54) is 0 Å². The zero-order valence-corrected chi connectivity index (χ0v) is 10.4. The van der Waals surface area contributed by atoms with E-state index in [1.807, 2.05) is 13.0 Å². The number of anilines is 1. The number of nitrogen functional groups attached to an aromatic ring is 1. The van der Waals surface area contributed by atoms with E-state index in [-0.39, 0.29) is 21.6 Å². The largest absolute Gasteiger partial charge is 0.396 e. The van der Waals surface area contributed by atoms with Crippen molar-refractivity contribution in [2.75, 3.05) is 5.73 Å². The molecule has 1 aromatic rings. The van der Waals surface area contributed by atoms with Crippen LogP contribution in [0.25, 0.3) is 5.57 Å². The molecule has 1 nitrogen and oxygen atoms in total. The maximum absolute atomic E-state index is 13.9. The maximum atomic E-state index is 13.9. The third-order valence-corrected chi connectivity index (χ3v) is 3.57. The van der Waals surface area contributed by atoms with E-state index in [0.29, 0.717) is 0 Å². The molecule has 0 aliphatic heterocycles. The summed E-state index contributed by atoms with van der Waals surface area (Å²) in [5, 5.41) is 0. The van der Waals surface area contributed by atoms with Crippen LogP contribution in [0.4, 0.5) is 14.5 Å². The minimum atomic E-state index is -0.580. The number of rotatable bonds is 1. The average Bonchev–Trinajstić information content (AvgIpc) is 2.63. The Bertz CT molecular complexity index is 442. The molecule has 1 unspecified atom stereocenters. The van der Waals surface area contributed by atoms with Crippen LogP contribution in [0.2, 0.25) is 0 Å². The van der Waals surface area contributed by atoms with Gasteiger partial charge in [0.1, 0.15) is 11.6 Å². The van der Waals surface area contributed by atoms with Gasteiger partial charge in [-0.1, -0.05) is 13.0 Å². The topological polar surface area (TPSA) is 26.0 Å². The fraction of sp³-hybridized carbons (Fsp3) is 0.333. The molecule has 1 aliphatic rings. The van der Waals surface area contributed by atoms with Crippen LogP contribution in [0.3, 0.4) is 0 Å². The van der Waals surface area contributed by atoms with Gasteiger partial charge in [0.15, 0.2) is 0 Å². The van der Waals surface area contributed by atoms with Crippen molar-refractivity contribution in [2.24, 2.45) is 5.92 Å². The lowest BCUT2D eigenvalue weighted by Crippen LogP contribution is -2.04. The normalized spacial score (nSPS) is 20.0. The highest BCUT2D eigenvalue weighted by atomic mass is 79.9. The number of nitrogens with two attached hydrogens (primary N) is 1. The molecule has 0 aromatic heterocycles. The first-order chi connectivity index (χ1) is 7.52. The summed E-state index contributed by atoms with van der Waals surface area (Å²) in [6, 6.07) is 1.06. The predicted molar refractivity (Wildman–Crippen MR) is 64.8 cm³/mol. The van der Waals surface area contributed by atoms with Crippen molar-refractivity contribution in [3.63, 3.8) is 0 Å². The molecule has 0 bridgehead atoms. The van der Waals surface area contributed by atoms with Crippen molar-refractivity contribution in [3.05, 3.63) is 33.8 Å². The highest BCUT2D eigenvalue weighted by Gasteiger charge is 2.24.